The molecule has 0 radical (unpaired) electrons. The van der Waals surface area contributed by atoms with Crippen LogP contribution in [0.25, 0.3) is 10.9 Å². The van der Waals surface area contributed by atoms with Gasteiger partial charge in [0.05, 0.1) is 16.2 Å². The Kier molecular flexibility index (Phi) is 5.35. The number of hydrogen-bond donors (Lipinski definition) is 3. The number of rotatable bonds is 3. The fourth-order valence-electron chi connectivity index (χ4n) is 2.55. The van der Waals surface area contributed by atoms with Gasteiger partial charge in [-0.1, -0.05) is 23.7 Å². The van der Waals surface area contributed by atoms with Crippen molar-refractivity contribution in [2.75, 3.05) is 5.32 Å². The summed E-state index contributed by atoms with van der Waals surface area (Å²) in [6, 6.07) is 8.32. The van der Waals surface area contributed by atoms with E-state index >= 15 is 0 Å². The van der Waals surface area contributed by atoms with E-state index in [1.54, 1.807) is 13.1 Å². The number of sulfonamides is 1. The number of aryl methyl sites for hydroxylation is 1. The molecule has 0 spiro atoms. The summed E-state index contributed by atoms with van der Waals surface area (Å²) in [6.07, 6.45) is 0. The van der Waals surface area contributed by atoms with E-state index in [0.717, 1.165) is 6.07 Å². The van der Waals surface area contributed by atoms with E-state index in [0.29, 0.717) is 5.52 Å². The van der Waals surface area contributed by atoms with E-state index in [1.807, 2.05) is 0 Å². The Morgan fingerprint density at radius 2 is 2.04 bits per heavy atom. The number of para-hydroxylation sites is 1. The predicted octanol–water partition coefficient (Wildman–Crippen LogP) is 3.80. The van der Waals surface area contributed by atoms with Crippen LogP contribution in [0.15, 0.2) is 51.5 Å². The van der Waals surface area contributed by atoms with Crippen LogP contribution in [0.4, 0.5) is 15.8 Å². The zero-order valence-electron chi connectivity index (χ0n) is 14.2. The van der Waals surface area contributed by atoms with Gasteiger partial charge in [0.15, 0.2) is 5.69 Å². The Bertz CT molecular complexity index is 1240. The van der Waals surface area contributed by atoms with Crippen molar-refractivity contribution < 1.29 is 17.9 Å². The molecule has 0 aliphatic rings. The fourth-order valence-corrected chi connectivity index (χ4v) is 3.55. The Hall–Kier alpha value is -2.60. The second-order valence-electron chi connectivity index (χ2n) is 5.69. The van der Waals surface area contributed by atoms with Crippen molar-refractivity contribution in [3.05, 3.63) is 47.2 Å². The molecule has 0 saturated carbocycles. The lowest BCUT2D eigenvalue weighted by Crippen LogP contribution is -2.16. The van der Waals surface area contributed by atoms with Crippen LogP contribution >= 0.6 is 23.8 Å². The maximum atomic E-state index is 13.8. The molecule has 146 valence electrons. The summed E-state index contributed by atoms with van der Waals surface area (Å²) in [5, 5.41) is 25.6. The van der Waals surface area contributed by atoms with Gasteiger partial charge in [-0.3, -0.25) is 0 Å². The maximum absolute atomic E-state index is 13.8. The molecule has 2 aromatic carbocycles. The van der Waals surface area contributed by atoms with Crippen LogP contribution in [0.2, 0.25) is 5.02 Å². The zero-order valence-corrected chi connectivity index (χ0v) is 16.6. The average molecular weight is 442 g/mol. The molecule has 1 aromatic heterocycles. The van der Waals surface area contributed by atoms with Crippen molar-refractivity contribution in [3.63, 3.8) is 0 Å². The maximum Gasteiger partial charge on any atom is 0.240 e. The van der Waals surface area contributed by atoms with Crippen LogP contribution in [-0.4, -0.2) is 23.2 Å². The van der Waals surface area contributed by atoms with E-state index in [9.17, 15) is 17.9 Å². The Balaban J connectivity index is 1.95. The number of nitrogens with one attached hydrogen (secondary N) is 1. The zero-order chi connectivity index (χ0) is 20.6. The Labute approximate surface area is 169 Å². The minimum Gasteiger partial charge on any atom is -0.493 e. The number of thiocarbonyl (C=S) groups is 1. The highest BCUT2D eigenvalue weighted by Gasteiger charge is 2.18. The number of azo groups is 1. The van der Waals surface area contributed by atoms with Crippen LogP contribution in [0.5, 0.6) is 5.88 Å². The fraction of sp³-hybridized carbons (Fsp3) is 0.0625. The highest BCUT2D eigenvalue weighted by Crippen LogP contribution is 2.39. The van der Waals surface area contributed by atoms with Gasteiger partial charge < -0.3 is 15.0 Å². The summed E-state index contributed by atoms with van der Waals surface area (Å²) in [7, 11) is -2.43. The van der Waals surface area contributed by atoms with Gasteiger partial charge in [0, 0.05) is 12.4 Å². The number of aromatic nitrogens is 1. The summed E-state index contributed by atoms with van der Waals surface area (Å²) in [6.45, 7) is 0. The molecule has 0 saturated heterocycles. The van der Waals surface area contributed by atoms with E-state index in [1.165, 1.54) is 28.8 Å². The third-order valence-electron chi connectivity index (χ3n) is 3.86. The molecule has 0 atom stereocenters. The molecule has 12 heteroatoms. The number of aromatic hydroxyl groups is 1. The van der Waals surface area contributed by atoms with Gasteiger partial charge in [0.2, 0.25) is 21.0 Å². The SMILES string of the molecule is Cn1c(O)c(N=NC(=S)Nc2ccccc2S(N)(=O)=O)c2cc(F)c(Cl)cc21. The summed E-state index contributed by atoms with van der Waals surface area (Å²) in [5.41, 5.74) is 0.544. The van der Waals surface area contributed by atoms with Gasteiger partial charge in [0.25, 0.3) is 0 Å². The summed E-state index contributed by atoms with van der Waals surface area (Å²) >= 11 is 10.8. The summed E-state index contributed by atoms with van der Waals surface area (Å²) in [5.74, 6) is -0.952. The van der Waals surface area contributed by atoms with Crippen molar-refractivity contribution in [2.24, 2.45) is 22.4 Å². The van der Waals surface area contributed by atoms with Crippen molar-refractivity contribution in [1.82, 2.24) is 4.57 Å². The van der Waals surface area contributed by atoms with Crippen LogP contribution in [-0.2, 0) is 17.1 Å². The molecular formula is C16H13ClFN5O3S2. The van der Waals surface area contributed by atoms with Crippen LogP contribution in [0, 0.1) is 5.82 Å². The number of benzene rings is 2. The molecule has 28 heavy (non-hydrogen) atoms. The topological polar surface area (TPSA) is 122 Å². The average Bonchev–Trinajstić information content (AvgIpc) is 2.84. The lowest BCUT2D eigenvalue weighted by molar-refractivity contribution is 0.436. The third kappa shape index (κ3) is 3.83. The monoisotopic (exact) mass is 441 g/mol. The molecule has 3 aromatic rings. The first kappa shape index (κ1) is 20.1. The van der Waals surface area contributed by atoms with E-state index in [-0.39, 0.29) is 37.7 Å². The normalized spacial score (nSPS) is 12.0. The van der Waals surface area contributed by atoms with Gasteiger partial charge in [-0.25, -0.2) is 17.9 Å². The minimum atomic E-state index is -3.98. The predicted molar refractivity (Wildman–Crippen MR) is 108 cm³/mol. The molecule has 0 amide bonds. The van der Waals surface area contributed by atoms with Gasteiger partial charge >= 0.3 is 0 Å². The van der Waals surface area contributed by atoms with E-state index < -0.39 is 15.8 Å². The number of nitrogens with two attached hydrogens (primary N) is 1. The second kappa shape index (κ2) is 7.43. The van der Waals surface area contributed by atoms with Crippen LogP contribution < -0.4 is 10.5 Å². The number of fused-ring (bicyclic) bond motifs is 1. The second-order valence-corrected chi connectivity index (χ2v) is 8.01. The van der Waals surface area contributed by atoms with E-state index in [4.69, 9.17) is 29.0 Å². The molecule has 0 aliphatic carbocycles. The first-order valence-electron chi connectivity index (χ1n) is 7.60. The van der Waals surface area contributed by atoms with Gasteiger partial charge in [-0.15, -0.1) is 10.2 Å². The van der Waals surface area contributed by atoms with Crippen molar-refractivity contribution in [2.45, 2.75) is 4.90 Å². The lowest BCUT2D eigenvalue weighted by Gasteiger charge is -2.08. The number of hydrogen-bond acceptors (Lipinski definition) is 5. The highest BCUT2D eigenvalue weighted by atomic mass is 35.5. The molecule has 0 aliphatic heterocycles. The quantitative estimate of drug-likeness (QED) is 0.421. The molecule has 0 unspecified atom stereocenters. The number of halogens is 2. The highest BCUT2D eigenvalue weighted by molar-refractivity contribution is 7.89. The number of nitrogens with zero attached hydrogens (tertiary/aromatic N) is 3. The Morgan fingerprint density at radius 1 is 1.36 bits per heavy atom. The van der Waals surface area contributed by atoms with Crippen molar-refractivity contribution >= 4 is 61.2 Å². The Morgan fingerprint density at radius 3 is 2.71 bits per heavy atom. The smallest absolute Gasteiger partial charge is 0.240 e. The van der Waals surface area contributed by atoms with E-state index in [2.05, 4.69) is 15.5 Å². The third-order valence-corrected chi connectivity index (χ3v) is 5.30. The number of anilines is 1. The van der Waals surface area contributed by atoms with Crippen molar-refractivity contribution in [3.8, 4) is 5.88 Å². The molecule has 3 rings (SSSR count). The molecule has 4 N–H and O–H groups in total. The largest absolute Gasteiger partial charge is 0.493 e. The van der Waals surface area contributed by atoms with Crippen LogP contribution in [0.1, 0.15) is 0 Å². The molecule has 0 fully saturated rings. The summed E-state index contributed by atoms with van der Waals surface area (Å²) in [4.78, 5) is -0.169. The van der Waals surface area contributed by atoms with Crippen molar-refractivity contribution in [1.29, 1.82) is 0 Å². The van der Waals surface area contributed by atoms with Gasteiger partial charge in [-0.05, 0) is 36.5 Å². The first-order chi connectivity index (χ1) is 13.1. The molecule has 8 nitrogen and oxygen atoms in total. The molecule has 0 bridgehead atoms. The lowest BCUT2D eigenvalue weighted by atomic mass is 10.2. The molecular weight excluding hydrogens is 429 g/mol. The van der Waals surface area contributed by atoms with Crippen LogP contribution in [0.3, 0.4) is 0 Å². The first-order valence-corrected chi connectivity index (χ1v) is 9.94. The molecule has 1 heterocycles. The van der Waals surface area contributed by atoms with Gasteiger partial charge in [-0.2, -0.15) is 0 Å². The van der Waals surface area contributed by atoms with Gasteiger partial charge in [0.1, 0.15) is 10.7 Å². The number of primary sulfonamides is 1. The standard InChI is InChI=1S/C16H13ClFN5O3S2/c1-23-12-7-9(17)10(18)6-8(12)14(15(23)24)21-22-16(27)20-11-4-2-3-5-13(11)28(19,25)26/h2-7,24H,1H3,(H,20,27)(H2,19,25,26). The summed E-state index contributed by atoms with van der Waals surface area (Å²) < 4.78 is 38.4. The minimum absolute atomic E-state index is 0.0167.